The lowest BCUT2D eigenvalue weighted by Gasteiger charge is -2.29. The van der Waals surface area contributed by atoms with Crippen LogP contribution in [0.15, 0.2) is 0 Å². The van der Waals surface area contributed by atoms with Crippen molar-refractivity contribution in [1.82, 2.24) is 5.32 Å². The van der Waals surface area contributed by atoms with Gasteiger partial charge in [0.05, 0.1) is 6.61 Å². The molecule has 2 heteroatoms. The minimum atomic E-state index is 0.484. The highest BCUT2D eigenvalue weighted by Gasteiger charge is 2.27. The van der Waals surface area contributed by atoms with Gasteiger partial charge in [-0.25, -0.2) is 0 Å². The lowest BCUT2D eigenvalue weighted by molar-refractivity contribution is 0.130. The summed E-state index contributed by atoms with van der Waals surface area (Å²) in [4.78, 5) is 0. The molecule has 1 fully saturated rings. The Morgan fingerprint density at radius 3 is 2.53 bits per heavy atom. The second-order valence-electron chi connectivity index (χ2n) is 7.19. The molecule has 1 rings (SSSR count). The SMILES string of the molecule is CCCCOCCNC1CCCC(C(C)(C)C)CC1. The fourth-order valence-electron chi connectivity index (χ4n) is 3.06. The lowest BCUT2D eigenvalue weighted by atomic mass is 9.76. The molecule has 2 unspecified atom stereocenters. The van der Waals surface area contributed by atoms with E-state index in [1.807, 2.05) is 0 Å². The van der Waals surface area contributed by atoms with Gasteiger partial charge in [-0.05, 0) is 43.4 Å². The van der Waals surface area contributed by atoms with Crippen molar-refractivity contribution in [2.75, 3.05) is 19.8 Å². The molecule has 0 aliphatic heterocycles. The largest absolute Gasteiger partial charge is 0.380 e. The monoisotopic (exact) mass is 269 g/mol. The quantitative estimate of drug-likeness (QED) is 0.547. The highest BCUT2D eigenvalue weighted by atomic mass is 16.5. The molecule has 1 aliphatic carbocycles. The number of hydrogen-bond donors (Lipinski definition) is 1. The Morgan fingerprint density at radius 1 is 1.05 bits per heavy atom. The van der Waals surface area contributed by atoms with Gasteiger partial charge in [-0.1, -0.05) is 40.5 Å². The van der Waals surface area contributed by atoms with E-state index >= 15 is 0 Å². The van der Waals surface area contributed by atoms with Gasteiger partial charge in [-0.15, -0.1) is 0 Å². The van der Waals surface area contributed by atoms with Crippen molar-refractivity contribution in [3.05, 3.63) is 0 Å². The first-order valence-corrected chi connectivity index (χ1v) is 8.35. The summed E-state index contributed by atoms with van der Waals surface area (Å²) in [6, 6.07) is 0.724. The molecule has 0 aromatic heterocycles. The summed E-state index contributed by atoms with van der Waals surface area (Å²) < 4.78 is 5.61. The molecule has 2 nitrogen and oxygen atoms in total. The molecule has 1 N–H and O–H groups in total. The summed E-state index contributed by atoms with van der Waals surface area (Å²) in [5.74, 6) is 0.903. The minimum Gasteiger partial charge on any atom is -0.380 e. The van der Waals surface area contributed by atoms with Crippen LogP contribution in [0.4, 0.5) is 0 Å². The molecule has 1 saturated carbocycles. The van der Waals surface area contributed by atoms with Crippen LogP contribution < -0.4 is 5.32 Å². The Labute approximate surface area is 120 Å². The van der Waals surface area contributed by atoms with Crippen molar-refractivity contribution < 1.29 is 4.74 Å². The van der Waals surface area contributed by atoms with E-state index in [-0.39, 0.29) is 0 Å². The fraction of sp³-hybridized carbons (Fsp3) is 1.00. The third-order valence-corrected chi connectivity index (χ3v) is 4.52. The predicted octanol–water partition coefficient (Wildman–Crippen LogP) is 4.39. The van der Waals surface area contributed by atoms with Crippen LogP contribution in [-0.2, 0) is 4.74 Å². The fourth-order valence-corrected chi connectivity index (χ4v) is 3.06. The number of ether oxygens (including phenoxy) is 1. The predicted molar refractivity (Wildman–Crippen MR) is 83.5 cm³/mol. The van der Waals surface area contributed by atoms with Crippen LogP contribution in [0.1, 0.15) is 72.6 Å². The van der Waals surface area contributed by atoms with E-state index in [1.165, 1.54) is 44.9 Å². The molecule has 1 aliphatic rings. The van der Waals surface area contributed by atoms with Gasteiger partial charge < -0.3 is 10.1 Å². The van der Waals surface area contributed by atoms with Gasteiger partial charge in [-0.3, -0.25) is 0 Å². The minimum absolute atomic E-state index is 0.484. The summed E-state index contributed by atoms with van der Waals surface area (Å²) in [5.41, 5.74) is 0.484. The van der Waals surface area contributed by atoms with E-state index in [0.717, 1.165) is 31.7 Å². The van der Waals surface area contributed by atoms with Crippen molar-refractivity contribution >= 4 is 0 Å². The summed E-state index contributed by atoms with van der Waals surface area (Å²) in [7, 11) is 0. The second kappa shape index (κ2) is 8.97. The molecule has 19 heavy (non-hydrogen) atoms. The van der Waals surface area contributed by atoms with Crippen molar-refractivity contribution in [2.24, 2.45) is 11.3 Å². The highest BCUT2D eigenvalue weighted by Crippen LogP contribution is 2.36. The molecule has 0 bridgehead atoms. The summed E-state index contributed by atoms with van der Waals surface area (Å²) in [6.45, 7) is 12.2. The van der Waals surface area contributed by atoms with Crippen molar-refractivity contribution in [2.45, 2.75) is 78.7 Å². The van der Waals surface area contributed by atoms with E-state index in [1.54, 1.807) is 0 Å². The summed E-state index contributed by atoms with van der Waals surface area (Å²) in [6.07, 6.45) is 9.29. The lowest BCUT2D eigenvalue weighted by Crippen LogP contribution is -2.31. The van der Waals surface area contributed by atoms with Gasteiger partial charge in [0.25, 0.3) is 0 Å². The maximum absolute atomic E-state index is 5.61. The Bertz CT molecular complexity index is 222. The van der Waals surface area contributed by atoms with E-state index in [2.05, 4.69) is 33.0 Å². The molecule has 0 spiro atoms. The third-order valence-electron chi connectivity index (χ3n) is 4.52. The Kier molecular flexibility index (Phi) is 8.01. The van der Waals surface area contributed by atoms with E-state index in [4.69, 9.17) is 4.74 Å². The van der Waals surface area contributed by atoms with E-state index < -0.39 is 0 Å². The average molecular weight is 269 g/mol. The van der Waals surface area contributed by atoms with Crippen LogP contribution in [0.25, 0.3) is 0 Å². The Balaban J connectivity index is 2.12. The first-order chi connectivity index (χ1) is 9.04. The maximum Gasteiger partial charge on any atom is 0.0590 e. The Hall–Kier alpha value is -0.0800. The molecular formula is C17H35NO. The molecule has 0 aromatic carbocycles. The molecule has 114 valence electrons. The second-order valence-corrected chi connectivity index (χ2v) is 7.19. The van der Waals surface area contributed by atoms with E-state index in [9.17, 15) is 0 Å². The smallest absolute Gasteiger partial charge is 0.0590 e. The van der Waals surface area contributed by atoms with Crippen LogP contribution in [0.3, 0.4) is 0 Å². The van der Waals surface area contributed by atoms with Crippen molar-refractivity contribution in [3.8, 4) is 0 Å². The van der Waals surface area contributed by atoms with Crippen LogP contribution in [0, 0.1) is 11.3 Å². The van der Waals surface area contributed by atoms with Gasteiger partial charge >= 0.3 is 0 Å². The standard InChI is InChI=1S/C17H35NO/c1-5-6-13-19-14-12-18-16-9-7-8-15(10-11-16)17(2,3)4/h15-16,18H,5-14H2,1-4H3. The van der Waals surface area contributed by atoms with Crippen LogP contribution in [-0.4, -0.2) is 25.8 Å². The summed E-state index contributed by atoms with van der Waals surface area (Å²) in [5, 5.41) is 3.69. The van der Waals surface area contributed by atoms with Gasteiger partial charge in [0.15, 0.2) is 0 Å². The number of unbranched alkanes of at least 4 members (excludes halogenated alkanes) is 1. The molecule has 0 amide bonds. The maximum atomic E-state index is 5.61. The normalized spacial score (nSPS) is 25.3. The van der Waals surface area contributed by atoms with Crippen LogP contribution in [0.5, 0.6) is 0 Å². The molecule has 0 radical (unpaired) electrons. The first kappa shape index (κ1) is 17.0. The average Bonchev–Trinajstić information content (AvgIpc) is 2.58. The van der Waals surface area contributed by atoms with Crippen LogP contribution >= 0.6 is 0 Å². The molecule has 2 atom stereocenters. The zero-order chi connectivity index (χ0) is 14.1. The van der Waals surface area contributed by atoms with Crippen LogP contribution in [0.2, 0.25) is 0 Å². The Morgan fingerprint density at radius 2 is 1.84 bits per heavy atom. The van der Waals surface area contributed by atoms with Crippen molar-refractivity contribution in [1.29, 1.82) is 0 Å². The van der Waals surface area contributed by atoms with Gasteiger partial charge in [0.2, 0.25) is 0 Å². The summed E-state index contributed by atoms with van der Waals surface area (Å²) >= 11 is 0. The number of hydrogen-bond acceptors (Lipinski definition) is 2. The molecule has 0 aromatic rings. The van der Waals surface area contributed by atoms with Gasteiger partial charge in [0, 0.05) is 19.2 Å². The third kappa shape index (κ3) is 7.31. The van der Waals surface area contributed by atoms with E-state index in [0.29, 0.717) is 5.41 Å². The van der Waals surface area contributed by atoms with Gasteiger partial charge in [0.1, 0.15) is 0 Å². The van der Waals surface area contributed by atoms with Crippen molar-refractivity contribution in [3.63, 3.8) is 0 Å². The first-order valence-electron chi connectivity index (χ1n) is 8.35. The molecule has 0 saturated heterocycles. The number of nitrogens with one attached hydrogen (secondary N) is 1. The van der Waals surface area contributed by atoms with Gasteiger partial charge in [-0.2, -0.15) is 0 Å². The zero-order valence-corrected chi connectivity index (χ0v) is 13.6. The molecule has 0 heterocycles. The highest BCUT2D eigenvalue weighted by molar-refractivity contribution is 4.81. The molecular weight excluding hydrogens is 234 g/mol. The number of rotatable bonds is 7. The zero-order valence-electron chi connectivity index (χ0n) is 13.6. The topological polar surface area (TPSA) is 21.3 Å².